The second-order valence-electron chi connectivity index (χ2n) is 5.83. The van der Waals surface area contributed by atoms with Crippen molar-refractivity contribution in [3.8, 4) is 0 Å². The molecule has 2 unspecified atom stereocenters. The highest BCUT2D eigenvalue weighted by molar-refractivity contribution is 5.96. The molecule has 21 heavy (non-hydrogen) atoms. The van der Waals surface area contributed by atoms with Gasteiger partial charge in [0.25, 0.3) is 5.91 Å². The van der Waals surface area contributed by atoms with Crippen LogP contribution in [0.5, 0.6) is 0 Å². The van der Waals surface area contributed by atoms with E-state index in [2.05, 4.69) is 12.2 Å². The summed E-state index contributed by atoms with van der Waals surface area (Å²) in [6, 6.07) is 8.98. The van der Waals surface area contributed by atoms with Gasteiger partial charge in [0.15, 0.2) is 0 Å². The zero-order valence-electron chi connectivity index (χ0n) is 12.1. The molecule has 0 bridgehead atoms. The molecule has 0 radical (unpaired) electrons. The molecule has 0 aliphatic heterocycles. The van der Waals surface area contributed by atoms with Gasteiger partial charge in [0, 0.05) is 11.4 Å². The number of benzene rings is 1. The Morgan fingerprint density at radius 3 is 2.81 bits per heavy atom. The van der Waals surface area contributed by atoms with Gasteiger partial charge < -0.3 is 9.73 Å². The lowest BCUT2D eigenvalue weighted by Crippen LogP contribution is -2.42. The Bertz CT molecular complexity index is 719. The largest absolute Gasteiger partial charge is 0.422 e. The molecule has 2 atom stereocenters. The number of carbonyl (C=O) groups is 1. The maximum Gasteiger partial charge on any atom is 0.349 e. The lowest BCUT2D eigenvalue weighted by molar-refractivity contribution is 0.0906. The maximum atomic E-state index is 12.4. The first-order chi connectivity index (χ1) is 10.1. The molecule has 1 aromatic heterocycles. The van der Waals surface area contributed by atoms with E-state index in [9.17, 15) is 9.59 Å². The zero-order chi connectivity index (χ0) is 14.8. The quantitative estimate of drug-likeness (QED) is 0.862. The molecule has 1 N–H and O–H groups in total. The predicted octanol–water partition coefficient (Wildman–Crippen LogP) is 3.10. The molecule has 110 valence electrons. The fourth-order valence-corrected chi connectivity index (χ4v) is 3.00. The summed E-state index contributed by atoms with van der Waals surface area (Å²) in [5.74, 6) is 0.128. The second kappa shape index (κ2) is 5.72. The molecule has 1 aliphatic carbocycles. The number of amides is 1. The van der Waals surface area contributed by atoms with Crippen LogP contribution in [-0.4, -0.2) is 11.9 Å². The predicted molar refractivity (Wildman–Crippen MR) is 81.4 cm³/mol. The Morgan fingerprint density at radius 2 is 2.00 bits per heavy atom. The number of para-hydroxylation sites is 1. The molecule has 0 spiro atoms. The van der Waals surface area contributed by atoms with Gasteiger partial charge in [-0.15, -0.1) is 0 Å². The van der Waals surface area contributed by atoms with Crippen LogP contribution in [0.3, 0.4) is 0 Å². The number of nitrogens with one attached hydrogen (secondary N) is 1. The van der Waals surface area contributed by atoms with E-state index in [0.717, 1.165) is 24.6 Å². The summed E-state index contributed by atoms with van der Waals surface area (Å²) < 4.78 is 5.21. The summed E-state index contributed by atoms with van der Waals surface area (Å²) in [4.78, 5) is 24.3. The fourth-order valence-electron chi connectivity index (χ4n) is 3.00. The summed E-state index contributed by atoms with van der Waals surface area (Å²) in [5, 5.41) is 3.75. The van der Waals surface area contributed by atoms with Gasteiger partial charge in [-0.2, -0.15) is 0 Å². The summed E-state index contributed by atoms with van der Waals surface area (Å²) >= 11 is 0. The topological polar surface area (TPSA) is 59.3 Å². The van der Waals surface area contributed by atoms with E-state index in [1.807, 2.05) is 12.1 Å². The van der Waals surface area contributed by atoms with E-state index in [1.54, 1.807) is 18.2 Å². The summed E-state index contributed by atoms with van der Waals surface area (Å²) in [6.45, 7) is 2.15. The van der Waals surface area contributed by atoms with Crippen molar-refractivity contribution < 1.29 is 9.21 Å². The SMILES string of the molecule is CC1CCCCC1NC(=O)c1cc2ccccc2oc1=O. The van der Waals surface area contributed by atoms with Gasteiger partial charge in [0.1, 0.15) is 11.1 Å². The summed E-state index contributed by atoms with van der Waals surface area (Å²) in [5.41, 5.74) is 0.0196. The number of rotatable bonds is 2. The number of fused-ring (bicyclic) bond motifs is 1. The highest BCUT2D eigenvalue weighted by atomic mass is 16.4. The van der Waals surface area contributed by atoms with Crippen molar-refractivity contribution in [2.24, 2.45) is 5.92 Å². The molecule has 0 saturated heterocycles. The van der Waals surface area contributed by atoms with E-state index in [-0.39, 0.29) is 17.5 Å². The van der Waals surface area contributed by atoms with Gasteiger partial charge >= 0.3 is 5.63 Å². The van der Waals surface area contributed by atoms with Crippen LogP contribution in [0.4, 0.5) is 0 Å². The minimum absolute atomic E-state index is 0.0893. The number of carbonyl (C=O) groups excluding carboxylic acids is 1. The molecule has 1 saturated carbocycles. The van der Waals surface area contributed by atoms with Gasteiger partial charge in [-0.05, 0) is 30.9 Å². The van der Waals surface area contributed by atoms with Crippen LogP contribution in [0, 0.1) is 5.92 Å². The van der Waals surface area contributed by atoms with Crippen LogP contribution in [0.25, 0.3) is 11.0 Å². The standard InChI is InChI=1S/C17H19NO3/c1-11-6-2-4-8-14(11)18-16(19)13-10-12-7-3-5-9-15(12)21-17(13)20/h3,5,7,9-11,14H,2,4,6,8H2,1H3,(H,18,19). The monoisotopic (exact) mass is 285 g/mol. The van der Waals surface area contributed by atoms with Crippen molar-refractivity contribution in [3.63, 3.8) is 0 Å². The van der Waals surface area contributed by atoms with Crippen LogP contribution in [0.1, 0.15) is 43.0 Å². The first-order valence-corrected chi connectivity index (χ1v) is 7.49. The van der Waals surface area contributed by atoms with E-state index in [4.69, 9.17) is 4.42 Å². The zero-order valence-corrected chi connectivity index (χ0v) is 12.1. The van der Waals surface area contributed by atoms with Gasteiger partial charge in [-0.3, -0.25) is 4.79 Å². The van der Waals surface area contributed by atoms with E-state index >= 15 is 0 Å². The third-order valence-corrected chi connectivity index (χ3v) is 4.31. The van der Waals surface area contributed by atoms with E-state index < -0.39 is 5.63 Å². The van der Waals surface area contributed by atoms with Crippen molar-refractivity contribution in [1.82, 2.24) is 5.32 Å². The molecule has 2 aromatic rings. The van der Waals surface area contributed by atoms with E-state index in [1.165, 1.54) is 6.42 Å². The highest BCUT2D eigenvalue weighted by Gasteiger charge is 2.24. The number of hydrogen-bond donors (Lipinski definition) is 1. The van der Waals surface area contributed by atoms with Crippen LogP contribution in [0.2, 0.25) is 0 Å². The molecule has 1 fully saturated rings. The third-order valence-electron chi connectivity index (χ3n) is 4.31. The lowest BCUT2D eigenvalue weighted by Gasteiger charge is -2.29. The maximum absolute atomic E-state index is 12.4. The van der Waals surface area contributed by atoms with Crippen molar-refractivity contribution in [2.75, 3.05) is 0 Å². The third kappa shape index (κ3) is 2.84. The van der Waals surface area contributed by atoms with Crippen molar-refractivity contribution in [2.45, 2.75) is 38.6 Å². The smallest absolute Gasteiger partial charge is 0.349 e. The molecule has 4 nitrogen and oxygen atoms in total. The summed E-state index contributed by atoms with van der Waals surface area (Å²) in [7, 11) is 0. The highest BCUT2D eigenvalue weighted by Crippen LogP contribution is 2.24. The molecule has 1 amide bonds. The van der Waals surface area contributed by atoms with Crippen molar-refractivity contribution >= 4 is 16.9 Å². The number of hydrogen-bond acceptors (Lipinski definition) is 3. The fraction of sp³-hybridized carbons (Fsp3) is 0.412. The van der Waals surface area contributed by atoms with Crippen molar-refractivity contribution in [1.29, 1.82) is 0 Å². The first-order valence-electron chi connectivity index (χ1n) is 7.49. The molecule has 4 heteroatoms. The van der Waals surface area contributed by atoms with Crippen LogP contribution in [-0.2, 0) is 0 Å². The van der Waals surface area contributed by atoms with Gasteiger partial charge in [-0.25, -0.2) is 4.79 Å². The van der Waals surface area contributed by atoms with Gasteiger partial charge in [-0.1, -0.05) is 38.0 Å². The average molecular weight is 285 g/mol. The minimum atomic E-state index is -0.574. The van der Waals surface area contributed by atoms with Crippen LogP contribution >= 0.6 is 0 Å². The Hall–Kier alpha value is -2.10. The molecular weight excluding hydrogens is 266 g/mol. The minimum Gasteiger partial charge on any atom is -0.422 e. The van der Waals surface area contributed by atoms with Crippen molar-refractivity contribution in [3.05, 3.63) is 46.3 Å². The lowest BCUT2D eigenvalue weighted by atomic mass is 9.86. The van der Waals surface area contributed by atoms with E-state index in [0.29, 0.717) is 11.5 Å². The normalized spacial score (nSPS) is 22.1. The van der Waals surface area contributed by atoms with Crippen LogP contribution in [0.15, 0.2) is 39.5 Å². The Morgan fingerprint density at radius 1 is 1.24 bits per heavy atom. The Balaban J connectivity index is 1.87. The summed E-state index contributed by atoms with van der Waals surface area (Å²) in [6.07, 6.45) is 4.44. The van der Waals surface area contributed by atoms with Crippen LogP contribution < -0.4 is 10.9 Å². The molecular formula is C17H19NO3. The Labute approximate surface area is 123 Å². The Kier molecular flexibility index (Phi) is 3.78. The molecule has 3 rings (SSSR count). The molecule has 1 aromatic carbocycles. The van der Waals surface area contributed by atoms with Gasteiger partial charge in [0.05, 0.1) is 0 Å². The molecule has 1 heterocycles. The second-order valence-corrected chi connectivity index (χ2v) is 5.83. The van der Waals surface area contributed by atoms with Gasteiger partial charge in [0.2, 0.25) is 0 Å². The molecule has 1 aliphatic rings. The first kappa shape index (κ1) is 13.9. The average Bonchev–Trinajstić information content (AvgIpc) is 2.49.